The highest BCUT2D eigenvalue weighted by atomic mass is 16.5. The van der Waals surface area contributed by atoms with E-state index in [1.54, 1.807) is 48.5 Å². The molecule has 0 amide bonds. The first-order valence-corrected chi connectivity index (χ1v) is 8.72. The van der Waals surface area contributed by atoms with E-state index >= 15 is 0 Å². The van der Waals surface area contributed by atoms with Gasteiger partial charge in [-0.15, -0.1) is 0 Å². The van der Waals surface area contributed by atoms with Crippen molar-refractivity contribution in [1.29, 1.82) is 0 Å². The van der Waals surface area contributed by atoms with Crippen LogP contribution in [0.15, 0.2) is 60.8 Å². The fourth-order valence-corrected chi connectivity index (χ4v) is 2.90. The van der Waals surface area contributed by atoms with E-state index in [9.17, 15) is 19.5 Å². The Labute approximate surface area is 167 Å². The highest BCUT2D eigenvalue weighted by Gasteiger charge is 2.21. The van der Waals surface area contributed by atoms with Crippen LogP contribution in [0.2, 0.25) is 0 Å². The van der Waals surface area contributed by atoms with Crippen molar-refractivity contribution >= 4 is 17.5 Å². The predicted octanol–water partition coefficient (Wildman–Crippen LogP) is 3.05. The first-order valence-electron chi connectivity index (χ1n) is 8.72. The van der Waals surface area contributed by atoms with E-state index in [-0.39, 0.29) is 22.8 Å². The van der Waals surface area contributed by atoms with Gasteiger partial charge >= 0.3 is 5.97 Å². The van der Waals surface area contributed by atoms with Crippen LogP contribution in [0, 0.1) is 0 Å². The Morgan fingerprint density at radius 1 is 0.793 bits per heavy atom. The molecular formula is C22H19NO6. The van der Waals surface area contributed by atoms with Crippen molar-refractivity contribution in [1.82, 2.24) is 4.57 Å². The third kappa shape index (κ3) is 4.35. The van der Waals surface area contributed by atoms with Gasteiger partial charge in [-0.2, -0.15) is 0 Å². The maximum absolute atomic E-state index is 12.9. The Kier molecular flexibility index (Phi) is 5.78. The second-order valence-corrected chi connectivity index (χ2v) is 6.25. The highest BCUT2D eigenvalue weighted by Crippen LogP contribution is 2.20. The average molecular weight is 393 g/mol. The second-order valence-electron chi connectivity index (χ2n) is 6.25. The standard InChI is InChI=1S/C22H19NO6/c1-28-17-7-3-14(4-8-17)21(26)16-11-19(23(12-16)13-20(24)25)22(27)15-5-9-18(29-2)10-6-15/h3-12H,13H2,1-2H3,(H,24,25). The monoisotopic (exact) mass is 393 g/mol. The summed E-state index contributed by atoms with van der Waals surface area (Å²) in [6, 6.07) is 14.4. The summed E-state index contributed by atoms with van der Waals surface area (Å²) in [4.78, 5) is 37.0. The zero-order valence-electron chi connectivity index (χ0n) is 15.9. The molecule has 0 bridgehead atoms. The molecule has 1 N–H and O–H groups in total. The predicted molar refractivity (Wildman–Crippen MR) is 105 cm³/mol. The number of ether oxygens (including phenoxy) is 2. The van der Waals surface area contributed by atoms with Gasteiger partial charge in [-0.1, -0.05) is 0 Å². The summed E-state index contributed by atoms with van der Waals surface area (Å²) >= 11 is 0. The fraction of sp³-hybridized carbons (Fsp3) is 0.136. The van der Waals surface area contributed by atoms with E-state index in [2.05, 4.69) is 0 Å². The molecule has 0 fully saturated rings. The van der Waals surface area contributed by atoms with Gasteiger partial charge in [0.1, 0.15) is 18.0 Å². The van der Waals surface area contributed by atoms with Gasteiger partial charge in [-0.3, -0.25) is 14.4 Å². The molecule has 3 aromatic rings. The van der Waals surface area contributed by atoms with Crippen molar-refractivity contribution in [2.45, 2.75) is 6.54 Å². The van der Waals surface area contributed by atoms with Crippen LogP contribution in [0.4, 0.5) is 0 Å². The maximum Gasteiger partial charge on any atom is 0.323 e. The SMILES string of the molecule is COc1ccc(C(=O)c2cc(C(=O)c3ccc(OC)cc3)n(CC(=O)O)c2)cc1. The third-order valence-corrected chi connectivity index (χ3v) is 4.40. The highest BCUT2D eigenvalue weighted by molar-refractivity contribution is 6.13. The van der Waals surface area contributed by atoms with Crippen LogP contribution in [-0.4, -0.2) is 41.4 Å². The molecule has 0 saturated carbocycles. The zero-order chi connectivity index (χ0) is 21.0. The van der Waals surface area contributed by atoms with Crippen LogP contribution in [0.1, 0.15) is 32.0 Å². The lowest BCUT2D eigenvalue weighted by Gasteiger charge is -2.06. The van der Waals surface area contributed by atoms with Crippen molar-refractivity contribution in [3.63, 3.8) is 0 Å². The average Bonchev–Trinajstić information content (AvgIpc) is 3.15. The number of aliphatic carboxylic acids is 1. The minimum Gasteiger partial charge on any atom is -0.497 e. The number of carboxylic acid groups (broad SMARTS) is 1. The van der Waals surface area contributed by atoms with Crippen LogP contribution < -0.4 is 9.47 Å². The van der Waals surface area contributed by atoms with E-state index in [1.165, 1.54) is 31.0 Å². The van der Waals surface area contributed by atoms with E-state index in [4.69, 9.17) is 9.47 Å². The second kappa shape index (κ2) is 8.43. The lowest BCUT2D eigenvalue weighted by Crippen LogP contribution is -2.14. The van der Waals surface area contributed by atoms with E-state index in [0.717, 1.165) is 0 Å². The molecule has 1 aromatic heterocycles. The quantitative estimate of drug-likeness (QED) is 0.591. The molecule has 0 unspecified atom stereocenters. The van der Waals surface area contributed by atoms with Crippen molar-refractivity contribution in [2.75, 3.05) is 14.2 Å². The Morgan fingerprint density at radius 2 is 1.28 bits per heavy atom. The number of nitrogens with zero attached hydrogens (tertiary/aromatic N) is 1. The number of aromatic nitrogens is 1. The Morgan fingerprint density at radius 3 is 1.72 bits per heavy atom. The molecule has 0 spiro atoms. The zero-order valence-corrected chi connectivity index (χ0v) is 15.9. The van der Waals surface area contributed by atoms with Gasteiger partial charge in [0.2, 0.25) is 5.78 Å². The molecule has 0 radical (unpaired) electrons. The van der Waals surface area contributed by atoms with Gasteiger partial charge in [0, 0.05) is 22.9 Å². The van der Waals surface area contributed by atoms with E-state index in [1.807, 2.05) is 0 Å². The normalized spacial score (nSPS) is 10.4. The van der Waals surface area contributed by atoms with Crippen molar-refractivity contribution in [3.8, 4) is 11.5 Å². The summed E-state index contributed by atoms with van der Waals surface area (Å²) in [6.45, 7) is -0.437. The number of hydrogen-bond acceptors (Lipinski definition) is 5. The number of ketones is 2. The van der Waals surface area contributed by atoms with Crippen molar-refractivity contribution < 1.29 is 29.0 Å². The Bertz CT molecular complexity index is 1050. The van der Waals surface area contributed by atoms with Gasteiger partial charge < -0.3 is 19.1 Å². The van der Waals surface area contributed by atoms with Crippen molar-refractivity contribution in [3.05, 3.63) is 83.2 Å². The van der Waals surface area contributed by atoms with Gasteiger partial charge in [0.25, 0.3) is 0 Å². The molecule has 3 rings (SSSR count). The molecule has 2 aromatic carbocycles. The topological polar surface area (TPSA) is 94.8 Å². The smallest absolute Gasteiger partial charge is 0.323 e. The van der Waals surface area contributed by atoms with Crippen LogP contribution in [0.5, 0.6) is 11.5 Å². The fourth-order valence-electron chi connectivity index (χ4n) is 2.90. The lowest BCUT2D eigenvalue weighted by molar-refractivity contribution is -0.137. The van der Waals surface area contributed by atoms with Crippen molar-refractivity contribution in [2.24, 2.45) is 0 Å². The number of methoxy groups -OCH3 is 2. The number of carbonyl (C=O) groups excluding carboxylic acids is 2. The first-order chi connectivity index (χ1) is 13.9. The summed E-state index contributed by atoms with van der Waals surface area (Å²) in [7, 11) is 3.05. The first kappa shape index (κ1) is 19.9. The van der Waals surface area contributed by atoms with Crippen LogP contribution in [0.25, 0.3) is 0 Å². The van der Waals surface area contributed by atoms with Crippen LogP contribution in [-0.2, 0) is 11.3 Å². The van der Waals surface area contributed by atoms with Crippen LogP contribution >= 0.6 is 0 Å². The summed E-state index contributed by atoms with van der Waals surface area (Å²) in [5, 5.41) is 9.19. The molecule has 29 heavy (non-hydrogen) atoms. The molecule has 0 aliphatic heterocycles. The number of rotatable bonds is 8. The minimum atomic E-state index is -1.12. The number of benzene rings is 2. The Balaban J connectivity index is 1.97. The van der Waals surface area contributed by atoms with E-state index < -0.39 is 12.5 Å². The molecule has 0 aliphatic rings. The summed E-state index contributed by atoms with van der Waals surface area (Å²) in [5.74, 6) is -0.616. The molecule has 0 saturated heterocycles. The third-order valence-electron chi connectivity index (χ3n) is 4.40. The van der Waals surface area contributed by atoms with Crippen LogP contribution in [0.3, 0.4) is 0 Å². The van der Waals surface area contributed by atoms with E-state index in [0.29, 0.717) is 22.6 Å². The Hall–Kier alpha value is -3.87. The lowest BCUT2D eigenvalue weighted by atomic mass is 10.0. The number of carbonyl (C=O) groups is 3. The van der Waals surface area contributed by atoms with Gasteiger partial charge in [-0.25, -0.2) is 0 Å². The summed E-state index contributed by atoms with van der Waals surface area (Å²) in [5.41, 5.74) is 1.11. The summed E-state index contributed by atoms with van der Waals surface area (Å²) in [6.07, 6.45) is 1.39. The summed E-state index contributed by atoms with van der Waals surface area (Å²) < 4.78 is 11.4. The molecule has 7 heteroatoms. The van der Waals surface area contributed by atoms with Gasteiger partial charge in [0.15, 0.2) is 5.78 Å². The largest absolute Gasteiger partial charge is 0.497 e. The number of hydrogen-bond donors (Lipinski definition) is 1. The minimum absolute atomic E-state index is 0.120. The maximum atomic E-state index is 12.9. The number of carboxylic acids is 1. The van der Waals surface area contributed by atoms with Gasteiger partial charge in [0.05, 0.1) is 19.9 Å². The molecule has 7 nitrogen and oxygen atoms in total. The molecule has 148 valence electrons. The van der Waals surface area contributed by atoms with Gasteiger partial charge in [-0.05, 0) is 54.6 Å². The molecule has 0 atom stereocenters. The molecule has 1 heterocycles. The molecular weight excluding hydrogens is 374 g/mol. The molecule has 0 aliphatic carbocycles.